The molecule has 19 heavy (non-hydrogen) atoms. The average molecular weight is 304 g/mol. The van der Waals surface area contributed by atoms with Crippen molar-refractivity contribution >= 4 is 16.1 Å². The maximum absolute atomic E-state index is 12.2. The maximum Gasteiger partial charge on any atom is 0.523 e. The number of methoxy groups -OCH3 is 1. The molecule has 0 heterocycles. The SMILES string of the molecule is COC(=O)C1(COS(=O)(=O)C(F)(F)F)CCCCC1. The van der Waals surface area contributed by atoms with Gasteiger partial charge in [-0.2, -0.15) is 21.6 Å². The van der Waals surface area contributed by atoms with Crippen molar-refractivity contribution in [3.8, 4) is 0 Å². The van der Waals surface area contributed by atoms with Crippen molar-refractivity contribution in [1.29, 1.82) is 0 Å². The maximum atomic E-state index is 12.2. The second kappa shape index (κ2) is 5.66. The third kappa shape index (κ3) is 3.59. The Hall–Kier alpha value is -0.830. The number of rotatable bonds is 4. The molecule has 1 aliphatic rings. The van der Waals surface area contributed by atoms with Crippen LogP contribution in [0.5, 0.6) is 0 Å². The summed E-state index contributed by atoms with van der Waals surface area (Å²) in [5.74, 6) is -0.732. The summed E-state index contributed by atoms with van der Waals surface area (Å²) >= 11 is 0. The van der Waals surface area contributed by atoms with E-state index in [1.807, 2.05) is 0 Å². The highest BCUT2D eigenvalue weighted by Crippen LogP contribution is 2.39. The van der Waals surface area contributed by atoms with E-state index in [1.54, 1.807) is 0 Å². The minimum Gasteiger partial charge on any atom is -0.469 e. The molecule has 112 valence electrons. The van der Waals surface area contributed by atoms with Gasteiger partial charge in [-0.3, -0.25) is 8.98 Å². The predicted molar refractivity (Wildman–Crippen MR) is 58.5 cm³/mol. The Bertz CT molecular complexity index is 423. The van der Waals surface area contributed by atoms with Crippen molar-refractivity contribution in [3.63, 3.8) is 0 Å². The van der Waals surface area contributed by atoms with Gasteiger partial charge in [0.25, 0.3) is 0 Å². The molecule has 1 saturated carbocycles. The highest BCUT2D eigenvalue weighted by Gasteiger charge is 2.50. The molecule has 0 bridgehead atoms. The third-order valence-corrected chi connectivity index (χ3v) is 4.20. The van der Waals surface area contributed by atoms with Crippen molar-refractivity contribution < 1.29 is 35.3 Å². The van der Waals surface area contributed by atoms with Crippen molar-refractivity contribution in [2.45, 2.75) is 37.6 Å². The van der Waals surface area contributed by atoms with Gasteiger partial charge < -0.3 is 4.74 Å². The fourth-order valence-corrected chi connectivity index (χ4v) is 2.62. The van der Waals surface area contributed by atoms with Crippen LogP contribution in [-0.4, -0.2) is 33.6 Å². The van der Waals surface area contributed by atoms with Gasteiger partial charge in [0, 0.05) is 0 Å². The predicted octanol–water partition coefficient (Wildman–Crippen LogP) is 1.98. The van der Waals surface area contributed by atoms with Crippen LogP contribution in [0, 0.1) is 5.41 Å². The summed E-state index contributed by atoms with van der Waals surface area (Å²) in [6.45, 7) is -0.832. The van der Waals surface area contributed by atoms with E-state index >= 15 is 0 Å². The van der Waals surface area contributed by atoms with Crippen molar-refractivity contribution in [3.05, 3.63) is 0 Å². The largest absolute Gasteiger partial charge is 0.523 e. The van der Waals surface area contributed by atoms with Crippen LogP contribution in [0.2, 0.25) is 0 Å². The summed E-state index contributed by atoms with van der Waals surface area (Å²) in [5.41, 5.74) is -6.79. The number of halogens is 3. The molecular formula is C10H15F3O5S. The van der Waals surface area contributed by atoms with Gasteiger partial charge in [0.1, 0.15) is 0 Å². The molecule has 1 aliphatic carbocycles. The molecule has 0 aromatic heterocycles. The van der Waals surface area contributed by atoms with E-state index in [9.17, 15) is 26.4 Å². The molecule has 5 nitrogen and oxygen atoms in total. The van der Waals surface area contributed by atoms with Gasteiger partial charge in [-0.15, -0.1) is 0 Å². The van der Waals surface area contributed by atoms with E-state index < -0.39 is 33.6 Å². The minimum atomic E-state index is -5.68. The number of ether oxygens (including phenoxy) is 1. The molecule has 9 heteroatoms. The monoisotopic (exact) mass is 304 g/mol. The molecule has 0 amide bonds. The zero-order valence-corrected chi connectivity index (χ0v) is 11.1. The van der Waals surface area contributed by atoms with E-state index in [4.69, 9.17) is 0 Å². The third-order valence-electron chi connectivity index (χ3n) is 3.20. The molecule has 0 aromatic rings. The van der Waals surface area contributed by atoms with E-state index in [0.717, 1.165) is 13.5 Å². The lowest BCUT2D eigenvalue weighted by Gasteiger charge is -2.33. The van der Waals surface area contributed by atoms with E-state index in [2.05, 4.69) is 8.92 Å². The number of hydrogen-bond donors (Lipinski definition) is 0. The molecule has 0 atom stereocenters. The van der Waals surface area contributed by atoms with Crippen molar-refractivity contribution in [2.75, 3.05) is 13.7 Å². The van der Waals surface area contributed by atoms with Gasteiger partial charge >= 0.3 is 21.6 Å². The van der Waals surface area contributed by atoms with Gasteiger partial charge in [0.05, 0.1) is 19.1 Å². The van der Waals surface area contributed by atoms with Crippen LogP contribution < -0.4 is 0 Å². The zero-order valence-electron chi connectivity index (χ0n) is 10.3. The van der Waals surface area contributed by atoms with E-state index in [0.29, 0.717) is 12.8 Å². The first-order valence-corrected chi connectivity index (χ1v) is 7.10. The Morgan fingerprint density at radius 1 is 1.21 bits per heavy atom. The lowest BCUT2D eigenvalue weighted by Crippen LogP contribution is -2.41. The van der Waals surface area contributed by atoms with Gasteiger partial charge in [0.15, 0.2) is 0 Å². The molecule has 1 fully saturated rings. The molecule has 0 saturated heterocycles. The quantitative estimate of drug-likeness (QED) is 0.451. The summed E-state index contributed by atoms with van der Waals surface area (Å²) < 4.78 is 66.8. The summed E-state index contributed by atoms with van der Waals surface area (Å²) in [4.78, 5) is 11.7. The van der Waals surface area contributed by atoms with Crippen molar-refractivity contribution in [2.24, 2.45) is 5.41 Å². The van der Waals surface area contributed by atoms with E-state index in [1.165, 1.54) is 0 Å². The molecule has 0 spiro atoms. The summed E-state index contributed by atoms with van der Waals surface area (Å²) in [5, 5.41) is 0. The molecular weight excluding hydrogens is 289 g/mol. The van der Waals surface area contributed by atoms with E-state index in [-0.39, 0.29) is 12.8 Å². The van der Waals surface area contributed by atoms with Crippen molar-refractivity contribution in [1.82, 2.24) is 0 Å². The fraction of sp³-hybridized carbons (Fsp3) is 0.900. The van der Waals surface area contributed by atoms with Crippen LogP contribution in [-0.2, 0) is 23.8 Å². The van der Waals surface area contributed by atoms with Crippen LogP contribution in [0.4, 0.5) is 13.2 Å². The summed E-state index contributed by atoms with van der Waals surface area (Å²) in [6, 6.07) is 0. The van der Waals surface area contributed by atoms with Gasteiger partial charge in [-0.05, 0) is 12.8 Å². The Morgan fingerprint density at radius 3 is 2.16 bits per heavy atom. The second-order valence-electron chi connectivity index (χ2n) is 4.49. The Kier molecular flexibility index (Phi) is 4.83. The number of carbonyl (C=O) groups excluding carboxylic acids is 1. The number of hydrogen-bond acceptors (Lipinski definition) is 5. The summed E-state index contributed by atoms with van der Waals surface area (Å²) in [6.07, 6.45) is 2.58. The highest BCUT2D eigenvalue weighted by atomic mass is 32.2. The lowest BCUT2D eigenvalue weighted by molar-refractivity contribution is -0.157. The first-order valence-electron chi connectivity index (χ1n) is 5.69. The number of esters is 1. The van der Waals surface area contributed by atoms with Gasteiger partial charge in [-0.1, -0.05) is 19.3 Å². The van der Waals surface area contributed by atoms with Crippen LogP contribution in [0.3, 0.4) is 0 Å². The normalized spacial score (nSPS) is 20.0. The Morgan fingerprint density at radius 2 is 1.74 bits per heavy atom. The average Bonchev–Trinajstić information content (AvgIpc) is 2.35. The molecule has 0 aliphatic heterocycles. The molecule has 0 radical (unpaired) electrons. The first kappa shape index (κ1) is 16.2. The fourth-order valence-electron chi connectivity index (χ4n) is 2.11. The molecule has 0 N–H and O–H groups in total. The minimum absolute atomic E-state index is 0.257. The standard InChI is InChI=1S/C10H15F3O5S/c1-17-8(14)9(5-3-2-4-6-9)7-18-19(15,16)10(11,12)13/h2-7H2,1H3. The van der Waals surface area contributed by atoms with Gasteiger partial charge in [0.2, 0.25) is 0 Å². The van der Waals surface area contributed by atoms with Crippen LogP contribution in [0.25, 0.3) is 0 Å². The Labute approximate surface area is 109 Å². The first-order chi connectivity index (χ1) is 8.65. The van der Waals surface area contributed by atoms with Crippen LogP contribution in [0.15, 0.2) is 0 Å². The molecule has 1 rings (SSSR count). The van der Waals surface area contributed by atoms with Crippen LogP contribution in [0.1, 0.15) is 32.1 Å². The van der Waals surface area contributed by atoms with Crippen LogP contribution >= 0.6 is 0 Å². The number of carbonyl (C=O) groups is 1. The molecule has 0 unspecified atom stereocenters. The smallest absolute Gasteiger partial charge is 0.469 e. The summed E-state index contributed by atoms with van der Waals surface area (Å²) in [7, 11) is -4.58. The highest BCUT2D eigenvalue weighted by molar-refractivity contribution is 7.87. The van der Waals surface area contributed by atoms with Gasteiger partial charge in [-0.25, -0.2) is 0 Å². The lowest BCUT2D eigenvalue weighted by atomic mass is 9.75. The topological polar surface area (TPSA) is 69.7 Å². The molecule has 0 aromatic carbocycles. The zero-order chi connectivity index (χ0) is 14.7. The Balaban J connectivity index is 2.83. The second-order valence-corrected chi connectivity index (χ2v) is 6.10. The number of alkyl halides is 3.